The smallest absolute Gasteiger partial charge is 0.264 e. The molecular formula is C23H22ClN5O4. The molecule has 4 aromatic rings. The first-order valence-electron chi connectivity index (χ1n) is 10.2. The van der Waals surface area contributed by atoms with Crippen molar-refractivity contribution in [2.45, 2.75) is 13.0 Å². The lowest BCUT2D eigenvalue weighted by Crippen LogP contribution is -2.33. The van der Waals surface area contributed by atoms with Crippen LogP contribution in [-0.2, 0) is 17.8 Å². The number of methoxy groups -OCH3 is 2. The van der Waals surface area contributed by atoms with Crippen molar-refractivity contribution in [3.05, 3.63) is 75.9 Å². The second kappa shape index (κ2) is 9.74. The summed E-state index contributed by atoms with van der Waals surface area (Å²) in [6, 6.07) is 12.6. The number of ether oxygens (including phenoxy) is 2. The van der Waals surface area contributed by atoms with E-state index in [0.717, 1.165) is 11.3 Å². The molecule has 0 unspecified atom stereocenters. The Balaban J connectivity index is 1.41. The van der Waals surface area contributed by atoms with Crippen molar-refractivity contribution in [2.24, 2.45) is 0 Å². The van der Waals surface area contributed by atoms with Crippen LogP contribution >= 0.6 is 11.6 Å². The van der Waals surface area contributed by atoms with Crippen molar-refractivity contribution in [3.63, 3.8) is 0 Å². The van der Waals surface area contributed by atoms with Crippen LogP contribution in [-0.4, -0.2) is 46.0 Å². The molecule has 1 amide bonds. The van der Waals surface area contributed by atoms with Crippen molar-refractivity contribution in [1.29, 1.82) is 0 Å². The lowest BCUT2D eigenvalue weighted by Gasteiger charge is -2.10. The Kier molecular flexibility index (Phi) is 6.60. The SMILES string of the molecule is COc1ccc(CCNC(=O)Cn2cnc3c(cnn3-c3ccc(Cl)cc3)c2=O)cc1OC. The first-order chi connectivity index (χ1) is 16.0. The third-order valence-corrected chi connectivity index (χ3v) is 5.38. The van der Waals surface area contributed by atoms with Gasteiger partial charge in [0.1, 0.15) is 18.3 Å². The Labute approximate surface area is 194 Å². The van der Waals surface area contributed by atoms with Gasteiger partial charge >= 0.3 is 0 Å². The van der Waals surface area contributed by atoms with Crippen LogP contribution < -0.4 is 20.3 Å². The lowest BCUT2D eigenvalue weighted by atomic mass is 10.1. The molecule has 10 heteroatoms. The number of amides is 1. The highest BCUT2D eigenvalue weighted by molar-refractivity contribution is 6.30. The summed E-state index contributed by atoms with van der Waals surface area (Å²) in [5.74, 6) is 0.988. The van der Waals surface area contributed by atoms with Gasteiger partial charge in [-0.3, -0.25) is 14.2 Å². The summed E-state index contributed by atoms with van der Waals surface area (Å²) in [7, 11) is 3.15. The number of halogens is 1. The Morgan fingerprint density at radius 2 is 1.85 bits per heavy atom. The van der Waals surface area contributed by atoms with E-state index in [1.807, 2.05) is 18.2 Å². The van der Waals surface area contributed by atoms with E-state index < -0.39 is 0 Å². The van der Waals surface area contributed by atoms with Gasteiger partial charge in [0, 0.05) is 11.6 Å². The third-order valence-electron chi connectivity index (χ3n) is 5.12. The van der Waals surface area contributed by atoms with E-state index in [-0.39, 0.29) is 18.0 Å². The van der Waals surface area contributed by atoms with Crippen LogP contribution in [0.2, 0.25) is 5.02 Å². The zero-order chi connectivity index (χ0) is 23.4. The number of nitrogens with zero attached hydrogens (tertiary/aromatic N) is 4. The van der Waals surface area contributed by atoms with Gasteiger partial charge in [-0.2, -0.15) is 5.10 Å². The van der Waals surface area contributed by atoms with Crippen LogP contribution in [0, 0.1) is 0 Å². The highest BCUT2D eigenvalue weighted by Crippen LogP contribution is 2.27. The monoisotopic (exact) mass is 467 g/mol. The molecule has 0 aliphatic heterocycles. The molecule has 2 aromatic carbocycles. The van der Waals surface area contributed by atoms with Gasteiger partial charge in [0.25, 0.3) is 5.56 Å². The minimum absolute atomic E-state index is 0.139. The zero-order valence-electron chi connectivity index (χ0n) is 18.1. The number of nitrogens with one attached hydrogen (secondary N) is 1. The van der Waals surface area contributed by atoms with Gasteiger partial charge in [-0.05, 0) is 48.4 Å². The molecule has 0 radical (unpaired) electrons. The van der Waals surface area contributed by atoms with Crippen LogP contribution in [0.4, 0.5) is 0 Å². The molecule has 0 aliphatic rings. The fourth-order valence-corrected chi connectivity index (χ4v) is 3.55. The van der Waals surface area contributed by atoms with E-state index in [1.54, 1.807) is 43.2 Å². The Hall–Kier alpha value is -3.85. The first-order valence-corrected chi connectivity index (χ1v) is 10.5. The zero-order valence-corrected chi connectivity index (χ0v) is 18.9. The number of benzene rings is 2. The molecule has 0 saturated heterocycles. The summed E-state index contributed by atoms with van der Waals surface area (Å²) in [5, 5.41) is 8.01. The predicted molar refractivity (Wildman–Crippen MR) is 124 cm³/mol. The quantitative estimate of drug-likeness (QED) is 0.427. The second-order valence-electron chi connectivity index (χ2n) is 7.24. The van der Waals surface area contributed by atoms with E-state index in [0.29, 0.717) is 40.5 Å². The fraction of sp³-hybridized carbons (Fsp3) is 0.217. The fourth-order valence-electron chi connectivity index (χ4n) is 3.43. The number of carbonyl (C=O) groups is 1. The molecule has 2 aromatic heterocycles. The van der Waals surface area contributed by atoms with E-state index in [4.69, 9.17) is 21.1 Å². The molecule has 4 rings (SSSR count). The van der Waals surface area contributed by atoms with Gasteiger partial charge in [0.2, 0.25) is 5.91 Å². The largest absolute Gasteiger partial charge is 0.493 e. The topological polar surface area (TPSA) is 100 Å². The van der Waals surface area contributed by atoms with Crippen LogP contribution in [0.5, 0.6) is 11.5 Å². The van der Waals surface area contributed by atoms with Crippen LogP contribution in [0.25, 0.3) is 16.7 Å². The summed E-state index contributed by atoms with van der Waals surface area (Å²) in [4.78, 5) is 29.6. The highest BCUT2D eigenvalue weighted by atomic mass is 35.5. The van der Waals surface area contributed by atoms with Crippen molar-refractivity contribution in [2.75, 3.05) is 20.8 Å². The molecule has 0 spiro atoms. The summed E-state index contributed by atoms with van der Waals surface area (Å²) in [5.41, 5.74) is 1.79. The minimum atomic E-state index is -0.338. The number of carbonyl (C=O) groups excluding carboxylic acids is 1. The Bertz CT molecular complexity index is 1350. The summed E-state index contributed by atoms with van der Waals surface area (Å²) in [6.07, 6.45) is 3.41. The minimum Gasteiger partial charge on any atom is -0.493 e. The summed E-state index contributed by atoms with van der Waals surface area (Å²) < 4.78 is 13.3. The maximum atomic E-state index is 12.8. The van der Waals surface area contributed by atoms with Gasteiger partial charge < -0.3 is 14.8 Å². The number of rotatable bonds is 8. The van der Waals surface area contributed by atoms with E-state index in [1.165, 1.54) is 17.1 Å². The number of hydrogen-bond donors (Lipinski definition) is 1. The normalized spacial score (nSPS) is 10.9. The molecule has 0 atom stereocenters. The van der Waals surface area contributed by atoms with Gasteiger partial charge in [-0.25, -0.2) is 9.67 Å². The van der Waals surface area contributed by atoms with Crippen molar-refractivity contribution < 1.29 is 14.3 Å². The number of hydrogen-bond acceptors (Lipinski definition) is 6. The maximum Gasteiger partial charge on any atom is 0.264 e. The highest BCUT2D eigenvalue weighted by Gasteiger charge is 2.13. The Morgan fingerprint density at radius 1 is 1.09 bits per heavy atom. The molecule has 170 valence electrons. The van der Waals surface area contributed by atoms with E-state index in [9.17, 15) is 9.59 Å². The van der Waals surface area contributed by atoms with Gasteiger partial charge in [-0.15, -0.1) is 0 Å². The molecule has 2 heterocycles. The third kappa shape index (κ3) is 4.83. The van der Waals surface area contributed by atoms with Crippen LogP contribution in [0.15, 0.2) is 59.8 Å². The molecule has 0 aliphatic carbocycles. The van der Waals surface area contributed by atoms with Crippen LogP contribution in [0.3, 0.4) is 0 Å². The maximum absolute atomic E-state index is 12.8. The van der Waals surface area contributed by atoms with Crippen molar-refractivity contribution in [1.82, 2.24) is 24.6 Å². The summed E-state index contributed by atoms with van der Waals surface area (Å²) >= 11 is 5.94. The van der Waals surface area contributed by atoms with Crippen molar-refractivity contribution >= 4 is 28.5 Å². The molecule has 0 saturated carbocycles. The van der Waals surface area contributed by atoms with Crippen LogP contribution in [0.1, 0.15) is 5.56 Å². The number of aromatic nitrogens is 4. The first kappa shape index (κ1) is 22.3. The summed E-state index contributed by atoms with van der Waals surface area (Å²) in [6.45, 7) is 0.271. The van der Waals surface area contributed by atoms with E-state index in [2.05, 4.69) is 15.4 Å². The molecule has 1 N–H and O–H groups in total. The molecule has 9 nitrogen and oxygen atoms in total. The lowest BCUT2D eigenvalue weighted by molar-refractivity contribution is -0.121. The van der Waals surface area contributed by atoms with E-state index >= 15 is 0 Å². The molecule has 0 fully saturated rings. The molecule has 0 bridgehead atoms. The van der Waals surface area contributed by atoms with Gasteiger partial charge in [-0.1, -0.05) is 17.7 Å². The average molecular weight is 468 g/mol. The molecule has 33 heavy (non-hydrogen) atoms. The second-order valence-corrected chi connectivity index (χ2v) is 7.67. The van der Waals surface area contributed by atoms with Crippen molar-refractivity contribution in [3.8, 4) is 17.2 Å². The standard InChI is InChI=1S/C23H22ClN5O4/c1-32-19-8-3-15(11-20(19)33-2)9-10-25-21(30)13-28-14-26-22-18(23(28)31)12-27-29(22)17-6-4-16(24)5-7-17/h3-8,11-12,14H,9-10,13H2,1-2H3,(H,25,30). The predicted octanol–water partition coefficient (Wildman–Crippen LogP) is 2.61. The van der Waals surface area contributed by atoms with Gasteiger partial charge in [0.15, 0.2) is 17.1 Å². The molecular weight excluding hydrogens is 446 g/mol. The number of fused-ring (bicyclic) bond motifs is 1. The Morgan fingerprint density at radius 3 is 2.58 bits per heavy atom. The van der Waals surface area contributed by atoms with Gasteiger partial charge in [0.05, 0.1) is 26.1 Å². The average Bonchev–Trinajstić information content (AvgIpc) is 3.26.